The summed E-state index contributed by atoms with van der Waals surface area (Å²) in [4.78, 5) is 51.7. The smallest absolute Gasteiger partial charge is 0.404 e. The van der Waals surface area contributed by atoms with Gasteiger partial charge < -0.3 is 25.3 Å². The zero-order chi connectivity index (χ0) is 33.7. The number of hydrogen-bond acceptors (Lipinski definition) is 9. The van der Waals surface area contributed by atoms with Crippen LogP contribution < -0.4 is 20.5 Å². The zero-order valence-corrected chi connectivity index (χ0v) is 27.7. The summed E-state index contributed by atoms with van der Waals surface area (Å²) >= 11 is 0. The second-order valence-corrected chi connectivity index (χ2v) is 13.5. The van der Waals surface area contributed by atoms with Gasteiger partial charge in [-0.05, 0) is 49.6 Å². The van der Waals surface area contributed by atoms with Crippen molar-refractivity contribution >= 4 is 39.3 Å². The fourth-order valence-corrected chi connectivity index (χ4v) is 6.39. The minimum absolute atomic E-state index is 0.0408. The van der Waals surface area contributed by atoms with Crippen LogP contribution in [0.3, 0.4) is 0 Å². The van der Waals surface area contributed by atoms with Crippen molar-refractivity contribution in [1.29, 1.82) is 0 Å². The number of benzene rings is 2. The van der Waals surface area contributed by atoms with Gasteiger partial charge in [0.05, 0.1) is 48.9 Å². The van der Waals surface area contributed by atoms with Gasteiger partial charge in [-0.25, -0.2) is 13.2 Å². The molecule has 0 unspecified atom stereocenters. The predicted octanol–water partition coefficient (Wildman–Crippen LogP) is 5.41. The van der Waals surface area contributed by atoms with Crippen LogP contribution in [0.4, 0.5) is 10.5 Å². The second-order valence-electron chi connectivity index (χ2n) is 11.3. The molecule has 0 fully saturated rings. The number of carbonyl (C=O) groups is 4. The van der Waals surface area contributed by atoms with Gasteiger partial charge in [-0.3, -0.25) is 19.3 Å². The van der Waals surface area contributed by atoms with E-state index in [2.05, 4.69) is 5.32 Å². The van der Waals surface area contributed by atoms with Crippen molar-refractivity contribution in [2.75, 3.05) is 37.6 Å². The third kappa shape index (κ3) is 10.5. The molecule has 1 heterocycles. The van der Waals surface area contributed by atoms with E-state index in [9.17, 15) is 27.6 Å². The molecule has 4 amide bonds. The average molecular weight is 660 g/mol. The van der Waals surface area contributed by atoms with Gasteiger partial charge in [0.15, 0.2) is 11.5 Å². The minimum Gasteiger partial charge on any atom is -0.493 e. The number of nitrogens with one attached hydrogen (secondary N) is 1. The van der Waals surface area contributed by atoms with Gasteiger partial charge in [0, 0.05) is 12.7 Å². The number of carbonyl (C=O) groups excluding carboxylic acids is 4. The maximum atomic E-state index is 13.8. The lowest BCUT2D eigenvalue weighted by molar-refractivity contribution is -0.116. The molecule has 1 aliphatic rings. The molecule has 0 saturated carbocycles. The van der Waals surface area contributed by atoms with E-state index in [0.717, 1.165) is 62.5 Å². The lowest BCUT2D eigenvalue weighted by Crippen LogP contribution is -2.37. The molecular weight excluding hydrogens is 614 g/mol. The first-order chi connectivity index (χ1) is 22.0. The van der Waals surface area contributed by atoms with Crippen LogP contribution in [0.5, 0.6) is 11.5 Å². The molecule has 1 atom stereocenters. The van der Waals surface area contributed by atoms with E-state index in [0.29, 0.717) is 36.7 Å². The highest BCUT2D eigenvalue weighted by atomic mass is 32.2. The summed E-state index contributed by atoms with van der Waals surface area (Å²) in [5, 5.41) is 2.79. The van der Waals surface area contributed by atoms with Gasteiger partial charge in [0.2, 0.25) is 5.91 Å². The Labute approximate surface area is 270 Å². The fourth-order valence-electron chi connectivity index (χ4n) is 5.48. The van der Waals surface area contributed by atoms with E-state index in [1.807, 2.05) is 0 Å². The third-order valence-electron chi connectivity index (χ3n) is 7.66. The molecule has 2 aromatic carbocycles. The maximum absolute atomic E-state index is 13.8. The molecule has 0 spiro atoms. The van der Waals surface area contributed by atoms with Crippen molar-refractivity contribution in [3.05, 3.63) is 53.1 Å². The summed E-state index contributed by atoms with van der Waals surface area (Å²) < 4.78 is 40.7. The number of hydrogen-bond donors (Lipinski definition) is 2. The molecule has 46 heavy (non-hydrogen) atoms. The van der Waals surface area contributed by atoms with Crippen LogP contribution in [-0.2, 0) is 19.4 Å². The summed E-state index contributed by atoms with van der Waals surface area (Å²) in [6, 6.07) is 8.30. The summed E-state index contributed by atoms with van der Waals surface area (Å²) in [5.41, 5.74) is 5.68. The summed E-state index contributed by atoms with van der Waals surface area (Å²) in [6.45, 7) is 2.47. The number of nitrogens with zero attached hydrogens (tertiary/aromatic N) is 1. The van der Waals surface area contributed by atoms with Crippen LogP contribution in [-0.4, -0.2) is 69.5 Å². The van der Waals surface area contributed by atoms with Crippen molar-refractivity contribution in [2.24, 2.45) is 5.73 Å². The Bertz CT molecular complexity index is 1490. The SMILES string of the molecule is CCOc1cc([C@@H](CS(C)(=O)=O)N2C(=O)c3cccc(NC(=O)CCCCCCCCCCCOC(N)=O)c3C2=O)ccc1OC. The predicted molar refractivity (Wildman–Crippen MR) is 174 cm³/mol. The summed E-state index contributed by atoms with van der Waals surface area (Å²) in [6.07, 6.45) is 9.23. The maximum Gasteiger partial charge on any atom is 0.404 e. The lowest BCUT2D eigenvalue weighted by atomic mass is 10.1. The van der Waals surface area contributed by atoms with Crippen LogP contribution in [0.25, 0.3) is 0 Å². The van der Waals surface area contributed by atoms with Crippen LogP contribution in [0, 0.1) is 0 Å². The Hall–Kier alpha value is -4.13. The molecule has 2 aromatic rings. The van der Waals surface area contributed by atoms with E-state index in [4.69, 9.17) is 19.9 Å². The number of imide groups is 1. The number of unbranched alkanes of at least 4 members (excludes halogenated alkanes) is 8. The van der Waals surface area contributed by atoms with Crippen molar-refractivity contribution in [2.45, 2.75) is 77.2 Å². The molecule has 3 rings (SSSR count). The Balaban J connectivity index is 1.60. The molecule has 3 N–H and O–H groups in total. The molecule has 12 nitrogen and oxygen atoms in total. The number of fused-ring (bicyclic) bond motifs is 1. The number of anilines is 1. The van der Waals surface area contributed by atoms with E-state index in [1.54, 1.807) is 37.3 Å². The quantitative estimate of drug-likeness (QED) is 0.139. The Morgan fingerprint density at radius 1 is 0.913 bits per heavy atom. The molecule has 13 heteroatoms. The Morgan fingerprint density at radius 2 is 1.57 bits per heavy atom. The highest BCUT2D eigenvalue weighted by molar-refractivity contribution is 7.90. The Kier molecular flexibility index (Phi) is 13.9. The zero-order valence-electron chi connectivity index (χ0n) is 26.8. The van der Waals surface area contributed by atoms with Crippen molar-refractivity contribution in [3.63, 3.8) is 0 Å². The average Bonchev–Trinajstić information content (AvgIpc) is 3.25. The number of ether oxygens (including phenoxy) is 3. The minimum atomic E-state index is -3.65. The first kappa shape index (κ1) is 36.3. The molecule has 0 aliphatic carbocycles. The topological polar surface area (TPSA) is 171 Å². The number of rotatable bonds is 20. The highest BCUT2D eigenvalue weighted by Gasteiger charge is 2.43. The molecule has 0 saturated heterocycles. The monoisotopic (exact) mass is 659 g/mol. The standard InChI is InChI=1S/C33H45N3O9S/c1-4-44-28-21-23(18-19-27(28)43-2)26(22-46(3,41)42)36-31(38)24-15-14-16-25(30(24)32(36)39)35-29(37)17-12-10-8-6-5-7-9-11-13-20-45-33(34)40/h14-16,18-19,21,26H,4-13,17,20,22H2,1-3H3,(H2,34,40)(H,35,37)/t26-/m1/s1. The fraction of sp³-hybridized carbons (Fsp3) is 0.515. The van der Waals surface area contributed by atoms with Gasteiger partial charge in [-0.1, -0.05) is 57.1 Å². The molecule has 0 bridgehead atoms. The molecule has 1 aliphatic heterocycles. The van der Waals surface area contributed by atoms with Crippen LogP contribution in [0.2, 0.25) is 0 Å². The Morgan fingerprint density at radius 3 is 2.17 bits per heavy atom. The van der Waals surface area contributed by atoms with E-state index in [1.165, 1.54) is 13.2 Å². The van der Waals surface area contributed by atoms with E-state index in [-0.39, 0.29) is 29.1 Å². The molecular formula is C33H45N3O9S. The highest BCUT2D eigenvalue weighted by Crippen LogP contribution is 2.38. The van der Waals surface area contributed by atoms with Crippen molar-refractivity contribution < 1.29 is 41.8 Å². The number of methoxy groups -OCH3 is 1. The summed E-state index contributed by atoms with van der Waals surface area (Å²) in [7, 11) is -2.17. The molecule has 252 valence electrons. The van der Waals surface area contributed by atoms with Crippen molar-refractivity contribution in [1.82, 2.24) is 4.90 Å². The van der Waals surface area contributed by atoms with Crippen LogP contribution >= 0.6 is 0 Å². The summed E-state index contributed by atoms with van der Waals surface area (Å²) in [5.74, 6) is -1.30. The number of sulfone groups is 1. The normalized spacial score (nSPS) is 13.3. The third-order valence-corrected chi connectivity index (χ3v) is 8.58. The van der Waals surface area contributed by atoms with Gasteiger partial charge in [-0.2, -0.15) is 0 Å². The van der Waals surface area contributed by atoms with Crippen molar-refractivity contribution in [3.8, 4) is 11.5 Å². The number of primary amides is 1. The van der Waals surface area contributed by atoms with Crippen LogP contribution in [0.15, 0.2) is 36.4 Å². The van der Waals surface area contributed by atoms with Gasteiger partial charge in [0.1, 0.15) is 9.84 Å². The van der Waals surface area contributed by atoms with Gasteiger partial charge >= 0.3 is 6.09 Å². The number of nitrogens with two attached hydrogens (primary N) is 1. The van der Waals surface area contributed by atoms with E-state index < -0.39 is 39.5 Å². The first-order valence-corrected chi connectivity index (χ1v) is 17.7. The number of amides is 4. The molecule has 0 radical (unpaired) electrons. The first-order valence-electron chi connectivity index (χ1n) is 15.7. The van der Waals surface area contributed by atoms with Gasteiger partial charge in [0.25, 0.3) is 11.8 Å². The lowest BCUT2D eigenvalue weighted by Gasteiger charge is -2.27. The largest absolute Gasteiger partial charge is 0.493 e. The van der Waals surface area contributed by atoms with E-state index >= 15 is 0 Å². The molecule has 0 aromatic heterocycles. The van der Waals surface area contributed by atoms with Gasteiger partial charge in [-0.15, -0.1) is 0 Å². The van der Waals surface area contributed by atoms with Crippen LogP contribution in [0.1, 0.15) is 103 Å². The second kappa shape index (κ2) is 17.5.